The predicted octanol–water partition coefficient (Wildman–Crippen LogP) is 4.37. The molecule has 26 heavy (non-hydrogen) atoms. The fourth-order valence-electron chi connectivity index (χ4n) is 2.36. The number of rotatable bonds is 7. The maximum Gasteiger partial charge on any atom is 0.271 e. The van der Waals surface area contributed by atoms with Crippen LogP contribution < -0.4 is 14.9 Å². The maximum absolute atomic E-state index is 12.3. The Morgan fingerprint density at radius 3 is 2.31 bits per heavy atom. The molecule has 0 saturated carbocycles. The topological polar surface area (TPSA) is 59.9 Å². The van der Waals surface area contributed by atoms with Crippen LogP contribution in [0.15, 0.2) is 47.6 Å². The molecule has 1 N–H and O–H groups in total. The van der Waals surface area contributed by atoms with E-state index in [0.717, 1.165) is 5.56 Å². The van der Waals surface area contributed by atoms with Crippen molar-refractivity contribution in [1.29, 1.82) is 0 Å². The van der Waals surface area contributed by atoms with Crippen molar-refractivity contribution >= 4 is 12.1 Å². The first-order valence-electron chi connectivity index (χ1n) is 8.68. The highest BCUT2D eigenvalue weighted by atomic mass is 16.5. The van der Waals surface area contributed by atoms with Crippen LogP contribution in [0.25, 0.3) is 0 Å². The Morgan fingerprint density at radius 1 is 1.04 bits per heavy atom. The molecule has 0 aliphatic rings. The quantitative estimate of drug-likeness (QED) is 0.593. The van der Waals surface area contributed by atoms with Crippen LogP contribution in [-0.2, 0) is 0 Å². The molecule has 0 spiro atoms. The number of ether oxygens (including phenoxy) is 2. The monoisotopic (exact) mass is 354 g/mol. The summed E-state index contributed by atoms with van der Waals surface area (Å²) in [7, 11) is 1.54. The molecule has 0 fully saturated rings. The Labute approximate surface area is 155 Å². The highest BCUT2D eigenvalue weighted by molar-refractivity contribution is 5.95. The third-order valence-electron chi connectivity index (χ3n) is 3.77. The van der Waals surface area contributed by atoms with Gasteiger partial charge in [0.1, 0.15) is 0 Å². The summed E-state index contributed by atoms with van der Waals surface area (Å²) in [5, 5.41) is 4.02. The zero-order chi connectivity index (χ0) is 19.1. The van der Waals surface area contributed by atoms with Gasteiger partial charge in [-0.05, 0) is 49.1 Å². The molecular formula is C21H26N2O3. The lowest BCUT2D eigenvalue weighted by Gasteiger charge is -2.14. The van der Waals surface area contributed by atoms with Crippen LogP contribution in [0.2, 0.25) is 0 Å². The van der Waals surface area contributed by atoms with Crippen molar-refractivity contribution in [3.8, 4) is 11.5 Å². The van der Waals surface area contributed by atoms with E-state index >= 15 is 0 Å². The van der Waals surface area contributed by atoms with Crippen LogP contribution in [-0.4, -0.2) is 25.3 Å². The number of carbonyl (C=O) groups excluding carboxylic acids is 1. The second-order valence-electron chi connectivity index (χ2n) is 6.55. The Balaban J connectivity index is 2.02. The molecule has 0 atom stereocenters. The Morgan fingerprint density at radius 2 is 1.73 bits per heavy atom. The van der Waals surface area contributed by atoms with Gasteiger partial charge in [0.05, 0.1) is 19.4 Å². The fourth-order valence-corrected chi connectivity index (χ4v) is 2.36. The molecule has 2 aromatic rings. The lowest BCUT2D eigenvalue weighted by atomic mass is 10.0. The van der Waals surface area contributed by atoms with Crippen molar-refractivity contribution in [2.45, 2.75) is 39.7 Å². The first-order valence-corrected chi connectivity index (χ1v) is 8.68. The van der Waals surface area contributed by atoms with Gasteiger partial charge in [-0.3, -0.25) is 4.79 Å². The minimum atomic E-state index is -0.311. The SMILES string of the molecule is COc1cc(C(=O)N/N=C\c2ccc(C(C)C)cc2)ccc1OC(C)C. The van der Waals surface area contributed by atoms with Gasteiger partial charge in [0, 0.05) is 5.56 Å². The van der Waals surface area contributed by atoms with E-state index in [2.05, 4.69) is 36.5 Å². The van der Waals surface area contributed by atoms with E-state index in [9.17, 15) is 4.79 Å². The molecule has 0 bridgehead atoms. The highest BCUT2D eigenvalue weighted by Gasteiger charge is 2.11. The van der Waals surface area contributed by atoms with Crippen molar-refractivity contribution < 1.29 is 14.3 Å². The second kappa shape index (κ2) is 9.04. The molecule has 0 aromatic heterocycles. The van der Waals surface area contributed by atoms with Crippen molar-refractivity contribution in [2.75, 3.05) is 7.11 Å². The van der Waals surface area contributed by atoms with Gasteiger partial charge in [0.15, 0.2) is 11.5 Å². The summed E-state index contributed by atoms with van der Waals surface area (Å²) >= 11 is 0. The van der Waals surface area contributed by atoms with Gasteiger partial charge in [0.2, 0.25) is 0 Å². The van der Waals surface area contributed by atoms with Gasteiger partial charge >= 0.3 is 0 Å². The minimum Gasteiger partial charge on any atom is -0.493 e. The number of nitrogens with zero attached hydrogens (tertiary/aromatic N) is 1. The van der Waals surface area contributed by atoms with Crippen molar-refractivity contribution in [2.24, 2.45) is 5.10 Å². The van der Waals surface area contributed by atoms with Gasteiger partial charge in [0.25, 0.3) is 5.91 Å². The number of hydrogen-bond acceptors (Lipinski definition) is 4. The van der Waals surface area contributed by atoms with E-state index in [4.69, 9.17) is 9.47 Å². The largest absolute Gasteiger partial charge is 0.493 e. The summed E-state index contributed by atoms with van der Waals surface area (Å²) in [6.45, 7) is 8.16. The summed E-state index contributed by atoms with van der Waals surface area (Å²) in [4.78, 5) is 12.3. The van der Waals surface area contributed by atoms with E-state index in [1.807, 2.05) is 26.0 Å². The van der Waals surface area contributed by atoms with Crippen molar-refractivity contribution in [1.82, 2.24) is 5.43 Å². The normalized spacial score (nSPS) is 11.2. The molecule has 5 nitrogen and oxygen atoms in total. The summed E-state index contributed by atoms with van der Waals surface area (Å²) in [6.07, 6.45) is 1.64. The Bertz CT molecular complexity index is 765. The van der Waals surface area contributed by atoms with Crippen LogP contribution in [0.1, 0.15) is 55.1 Å². The number of hydrogen-bond donors (Lipinski definition) is 1. The Hall–Kier alpha value is -2.82. The smallest absolute Gasteiger partial charge is 0.271 e. The number of hydrazone groups is 1. The highest BCUT2D eigenvalue weighted by Crippen LogP contribution is 2.28. The van der Waals surface area contributed by atoms with Crippen LogP contribution in [0, 0.1) is 0 Å². The molecule has 0 saturated heterocycles. The predicted molar refractivity (Wildman–Crippen MR) is 104 cm³/mol. The van der Waals surface area contributed by atoms with Gasteiger partial charge in [-0.25, -0.2) is 5.43 Å². The van der Waals surface area contributed by atoms with Gasteiger partial charge in [-0.15, -0.1) is 0 Å². The van der Waals surface area contributed by atoms with Crippen LogP contribution in [0.5, 0.6) is 11.5 Å². The first-order chi connectivity index (χ1) is 12.4. The summed E-state index contributed by atoms with van der Waals surface area (Å²) < 4.78 is 10.9. The standard InChI is InChI=1S/C21H26N2O3/c1-14(2)17-8-6-16(7-9-17)13-22-23-21(24)18-10-11-19(26-15(3)4)20(12-18)25-5/h6-15H,1-5H3,(H,23,24)/b22-13-. The minimum absolute atomic E-state index is 0.0234. The summed E-state index contributed by atoms with van der Waals surface area (Å²) in [5.74, 6) is 1.29. The van der Waals surface area contributed by atoms with E-state index in [0.29, 0.717) is 23.0 Å². The van der Waals surface area contributed by atoms with E-state index in [1.165, 1.54) is 5.56 Å². The molecule has 0 aliphatic carbocycles. The van der Waals surface area contributed by atoms with E-state index < -0.39 is 0 Å². The third kappa shape index (κ3) is 5.34. The third-order valence-corrected chi connectivity index (χ3v) is 3.77. The summed E-state index contributed by atoms with van der Waals surface area (Å²) in [5.41, 5.74) is 5.17. The van der Waals surface area contributed by atoms with Crippen molar-refractivity contribution in [3.63, 3.8) is 0 Å². The number of carbonyl (C=O) groups is 1. The number of amides is 1. The average Bonchev–Trinajstić information content (AvgIpc) is 2.61. The number of methoxy groups -OCH3 is 1. The molecule has 2 aromatic carbocycles. The van der Waals surface area contributed by atoms with Gasteiger partial charge < -0.3 is 9.47 Å². The number of benzene rings is 2. The first kappa shape index (κ1) is 19.5. The lowest BCUT2D eigenvalue weighted by molar-refractivity contribution is 0.0954. The fraction of sp³-hybridized carbons (Fsp3) is 0.333. The maximum atomic E-state index is 12.3. The average molecular weight is 354 g/mol. The molecule has 0 aliphatic heterocycles. The lowest BCUT2D eigenvalue weighted by Crippen LogP contribution is -2.18. The molecule has 0 radical (unpaired) electrons. The molecular weight excluding hydrogens is 328 g/mol. The van der Waals surface area contributed by atoms with Crippen LogP contribution in [0.4, 0.5) is 0 Å². The van der Waals surface area contributed by atoms with Crippen LogP contribution >= 0.6 is 0 Å². The molecule has 2 rings (SSSR count). The van der Waals surface area contributed by atoms with E-state index in [-0.39, 0.29) is 12.0 Å². The molecule has 0 heterocycles. The van der Waals surface area contributed by atoms with E-state index in [1.54, 1.807) is 31.5 Å². The molecule has 138 valence electrons. The molecule has 5 heteroatoms. The molecule has 0 unspecified atom stereocenters. The zero-order valence-electron chi connectivity index (χ0n) is 15.9. The van der Waals surface area contributed by atoms with Crippen molar-refractivity contribution in [3.05, 3.63) is 59.2 Å². The van der Waals surface area contributed by atoms with Gasteiger partial charge in [-0.2, -0.15) is 5.10 Å². The van der Waals surface area contributed by atoms with Crippen LogP contribution in [0.3, 0.4) is 0 Å². The van der Waals surface area contributed by atoms with Gasteiger partial charge in [-0.1, -0.05) is 38.1 Å². The Kier molecular flexibility index (Phi) is 6.78. The molecule has 1 amide bonds. The number of nitrogens with one attached hydrogen (secondary N) is 1. The second-order valence-corrected chi connectivity index (χ2v) is 6.55. The zero-order valence-corrected chi connectivity index (χ0v) is 15.9. The summed E-state index contributed by atoms with van der Waals surface area (Å²) in [6, 6.07) is 13.1.